The van der Waals surface area contributed by atoms with E-state index in [-0.39, 0.29) is 6.17 Å². The maximum Gasteiger partial charge on any atom is 0.159 e. The van der Waals surface area contributed by atoms with E-state index in [9.17, 15) is 0 Å². The van der Waals surface area contributed by atoms with Crippen LogP contribution in [0.15, 0.2) is 190 Å². The van der Waals surface area contributed by atoms with Crippen LogP contribution >= 0.6 is 0 Å². The molecule has 2 heterocycles. The van der Waals surface area contributed by atoms with Crippen LogP contribution in [-0.2, 0) is 0 Å². The van der Waals surface area contributed by atoms with Crippen LogP contribution in [0.4, 0.5) is 0 Å². The highest BCUT2D eigenvalue weighted by atomic mass is 16.3. The Bertz CT molecular complexity index is 2850. The number of nitrogens with zero attached hydrogens (tertiary/aromatic N) is 2. The van der Waals surface area contributed by atoms with Gasteiger partial charge in [-0.15, -0.1) is 0 Å². The van der Waals surface area contributed by atoms with Gasteiger partial charge in [-0.05, 0) is 85.8 Å². The fourth-order valence-electron chi connectivity index (χ4n) is 7.31. The molecular weight excluding hydrogens is 623 g/mol. The second kappa shape index (κ2) is 12.0. The second-order valence-electron chi connectivity index (χ2n) is 13.1. The number of rotatable bonds is 5. The lowest BCUT2D eigenvalue weighted by Gasteiger charge is -2.24. The van der Waals surface area contributed by atoms with Gasteiger partial charge in [0.05, 0.1) is 0 Å². The smallest absolute Gasteiger partial charge is 0.159 e. The molecule has 4 nitrogen and oxygen atoms in total. The van der Waals surface area contributed by atoms with E-state index in [1.807, 2.05) is 6.07 Å². The van der Waals surface area contributed by atoms with Gasteiger partial charge in [0, 0.05) is 21.9 Å². The van der Waals surface area contributed by atoms with Crippen molar-refractivity contribution < 1.29 is 4.42 Å². The van der Waals surface area contributed by atoms with Crippen LogP contribution in [0, 0.1) is 0 Å². The van der Waals surface area contributed by atoms with Crippen LogP contribution in [0.25, 0.3) is 65.7 Å². The summed E-state index contributed by atoms with van der Waals surface area (Å²) in [6.07, 6.45) is -0.276. The van der Waals surface area contributed by atoms with Gasteiger partial charge >= 0.3 is 0 Å². The van der Waals surface area contributed by atoms with Crippen LogP contribution in [-0.4, -0.2) is 11.7 Å². The molecule has 0 spiro atoms. The maximum atomic E-state index is 6.52. The van der Waals surface area contributed by atoms with Gasteiger partial charge < -0.3 is 9.73 Å². The van der Waals surface area contributed by atoms with Gasteiger partial charge in [0.15, 0.2) is 5.84 Å². The Morgan fingerprint density at radius 1 is 0.451 bits per heavy atom. The van der Waals surface area contributed by atoms with E-state index in [0.717, 1.165) is 66.5 Å². The molecular formula is C47H31N3O. The van der Waals surface area contributed by atoms with Gasteiger partial charge in [-0.3, -0.25) is 0 Å². The lowest BCUT2D eigenvalue weighted by atomic mass is 9.96. The Hall–Kier alpha value is -6.78. The molecule has 0 saturated heterocycles. The minimum atomic E-state index is -0.276. The van der Waals surface area contributed by atoms with Crippen LogP contribution in [0.5, 0.6) is 0 Å². The summed E-state index contributed by atoms with van der Waals surface area (Å²) in [7, 11) is 0. The minimum Gasteiger partial charge on any atom is -0.456 e. The molecule has 1 N–H and O–H groups in total. The predicted octanol–water partition coefficient (Wildman–Crippen LogP) is 11.7. The van der Waals surface area contributed by atoms with Crippen molar-refractivity contribution in [2.75, 3.05) is 0 Å². The molecule has 51 heavy (non-hydrogen) atoms. The summed E-state index contributed by atoms with van der Waals surface area (Å²) in [5, 5.41) is 10.7. The molecule has 1 aliphatic heterocycles. The molecule has 1 aliphatic rings. The summed E-state index contributed by atoms with van der Waals surface area (Å²) in [5.74, 6) is 1.49. The number of aliphatic imine (C=N–C) groups is 2. The number of hydrogen-bond acceptors (Lipinski definition) is 4. The summed E-state index contributed by atoms with van der Waals surface area (Å²) in [6.45, 7) is 0. The lowest BCUT2D eigenvalue weighted by molar-refractivity contribution is 0.669. The number of benzene rings is 8. The van der Waals surface area contributed by atoms with Gasteiger partial charge in [0.1, 0.15) is 23.2 Å². The summed E-state index contributed by atoms with van der Waals surface area (Å²) in [4.78, 5) is 10.2. The third kappa shape index (κ3) is 5.25. The molecule has 240 valence electrons. The van der Waals surface area contributed by atoms with Gasteiger partial charge in [-0.25, -0.2) is 9.98 Å². The average Bonchev–Trinajstić information content (AvgIpc) is 3.59. The van der Waals surface area contributed by atoms with Crippen LogP contribution in [0.2, 0.25) is 0 Å². The highest BCUT2D eigenvalue weighted by Crippen LogP contribution is 2.39. The third-order valence-electron chi connectivity index (χ3n) is 9.89. The number of fused-ring (bicyclic) bond motifs is 5. The molecule has 0 fully saturated rings. The largest absolute Gasteiger partial charge is 0.456 e. The molecule has 0 amide bonds. The highest BCUT2D eigenvalue weighted by molar-refractivity contribution is 6.16. The fraction of sp³-hybridized carbons (Fsp3) is 0.0213. The third-order valence-corrected chi connectivity index (χ3v) is 9.89. The van der Waals surface area contributed by atoms with E-state index in [4.69, 9.17) is 14.4 Å². The van der Waals surface area contributed by atoms with Gasteiger partial charge in [-0.2, -0.15) is 0 Å². The zero-order valence-corrected chi connectivity index (χ0v) is 27.6. The Labute approximate surface area is 295 Å². The monoisotopic (exact) mass is 653 g/mol. The molecule has 10 rings (SSSR count). The maximum absolute atomic E-state index is 6.52. The normalized spacial score (nSPS) is 14.5. The number of nitrogens with one attached hydrogen (secondary N) is 1. The molecule has 0 radical (unpaired) electrons. The topological polar surface area (TPSA) is 49.9 Å². The first-order chi connectivity index (χ1) is 25.2. The Morgan fingerprint density at radius 2 is 1.10 bits per heavy atom. The average molecular weight is 654 g/mol. The summed E-state index contributed by atoms with van der Waals surface area (Å²) < 4.78 is 6.52. The highest BCUT2D eigenvalue weighted by Gasteiger charge is 2.22. The van der Waals surface area contributed by atoms with Crippen molar-refractivity contribution in [3.05, 3.63) is 193 Å². The van der Waals surface area contributed by atoms with Gasteiger partial charge in [0.25, 0.3) is 0 Å². The van der Waals surface area contributed by atoms with Gasteiger partial charge in [-0.1, -0.05) is 140 Å². The van der Waals surface area contributed by atoms with Crippen LogP contribution < -0.4 is 5.32 Å². The van der Waals surface area contributed by atoms with Crippen molar-refractivity contribution >= 4 is 55.2 Å². The number of amidine groups is 2. The Morgan fingerprint density at radius 3 is 1.90 bits per heavy atom. The van der Waals surface area contributed by atoms with E-state index >= 15 is 0 Å². The first-order valence-corrected chi connectivity index (χ1v) is 17.3. The molecule has 0 aliphatic carbocycles. The van der Waals surface area contributed by atoms with Crippen molar-refractivity contribution in [2.24, 2.45) is 9.98 Å². The van der Waals surface area contributed by atoms with E-state index in [1.165, 1.54) is 21.7 Å². The van der Waals surface area contributed by atoms with E-state index < -0.39 is 0 Å². The predicted molar refractivity (Wildman–Crippen MR) is 211 cm³/mol. The van der Waals surface area contributed by atoms with Crippen molar-refractivity contribution in [2.45, 2.75) is 6.17 Å². The van der Waals surface area contributed by atoms with Crippen molar-refractivity contribution in [1.29, 1.82) is 0 Å². The second-order valence-corrected chi connectivity index (χ2v) is 13.1. The molecule has 0 bridgehead atoms. The molecule has 8 aromatic carbocycles. The number of hydrogen-bond donors (Lipinski definition) is 1. The minimum absolute atomic E-state index is 0.276. The summed E-state index contributed by atoms with van der Waals surface area (Å²) in [5.41, 5.74) is 9.32. The zero-order chi connectivity index (χ0) is 33.7. The van der Waals surface area contributed by atoms with E-state index in [0.29, 0.717) is 5.84 Å². The SMILES string of the molecule is c1ccc(C2N=C(c3ccc4ccccc4c3)N=C(c3cccc(-c4cccc5oc6cc(-c7ccc8ccccc8c7)ccc6c45)c3)N2)cc1. The molecule has 9 aromatic rings. The van der Waals surface area contributed by atoms with Gasteiger partial charge in [0.2, 0.25) is 0 Å². The quantitative estimate of drug-likeness (QED) is 0.201. The molecule has 1 aromatic heterocycles. The molecule has 1 atom stereocenters. The fourth-order valence-corrected chi connectivity index (χ4v) is 7.31. The summed E-state index contributed by atoms with van der Waals surface area (Å²) >= 11 is 0. The first kappa shape index (κ1) is 29.2. The lowest BCUT2D eigenvalue weighted by Crippen LogP contribution is -2.33. The van der Waals surface area contributed by atoms with Crippen LogP contribution in [0.3, 0.4) is 0 Å². The Balaban J connectivity index is 1.06. The van der Waals surface area contributed by atoms with E-state index in [1.54, 1.807) is 0 Å². The molecule has 0 saturated carbocycles. The zero-order valence-electron chi connectivity index (χ0n) is 27.6. The molecule has 1 unspecified atom stereocenters. The summed E-state index contributed by atoms with van der Waals surface area (Å²) in [6, 6.07) is 61.7. The first-order valence-electron chi connectivity index (χ1n) is 17.3. The van der Waals surface area contributed by atoms with Crippen molar-refractivity contribution in [3.63, 3.8) is 0 Å². The van der Waals surface area contributed by atoms with Crippen molar-refractivity contribution in [3.8, 4) is 22.3 Å². The van der Waals surface area contributed by atoms with Crippen molar-refractivity contribution in [1.82, 2.24) is 5.32 Å². The number of furan rings is 1. The van der Waals surface area contributed by atoms with Crippen LogP contribution in [0.1, 0.15) is 22.9 Å². The van der Waals surface area contributed by atoms with E-state index in [2.05, 4.69) is 175 Å². The molecule has 4 heteroatoms. The Kier molecular flexibility index (Phi) is 6.85. The standard InChI is InChI=1S/C47H31N3O/c1-2-12-32(13-3-1)45-48-46(50-47(49-45)39-23-21-31-11-5-7-15-34(31)27-39)38-17-8-16-37(28-38)40-18-9-19-42-44(40)41-25-24-36(29-43(41)51-42)35-22-20-30-10-4-6-14-33(30)26-35/h1-29,45H,(H,48,49,50).